The van der Waals surface area contributed by atoms with Gasteiger partial charge >= 0.3 is 0 Å². The van der Waals surface area contributed by atoms with Gasteiger partial charge < -0.3 is 14.8 Å². The molecule has 0 spiro atoms. The summed E-state index contributed by atoms with van der Waals surface area (Å²) in [6, 6.07) is 19.6. The molecule has 2 fully saturated rings. The fourth-order valence-corrected chi connectivity index (χ4v) is 5.56. The summed E-state index contributed by atoms with van der Waals surface area (Å²) >= 11 is 9.45. The van der Waals surface area contributed by atoms with E-state index >= 15 is 0 Å². The summed E-state index contributed by atoms with van der Waals surface area (Å²) in [7, 11) is 0. The number of nitrogens with zero attached hydrogens (tertiary/aromatic N) is 3. The van der Waals surface area contributed by atoms with E-state index in [9.17, 15) is 0 Å². The lowest BCUT2D eigenvalue weighted by Crippen LogP contribution is -2.40. The quantitative estimate of drug-likeness (QED) is 0.468. The molecule has 1 aliphatic carbocycles. The number of hydrogen-bond acceptors (Lipinski definition) is 2. The summed E-state index contributed by atoms with van der Waals surface area (Å²) in [5.74, 6) is 0. The van der Waals surface area contributed by atoms with Gasteiger partial charge in [0.1, 0.15) is 0 Å². The van der Waals surface area contributed by atoms with Crippen LogP contribution in [0, 0.1) is 0 Å². The van der Waals surface area contributed by atoms with Crippen LogP contribution in [0.2, 0.25) is 0 Å². The van der Waals surface area contributed by atoms with Crippen LogP contribution in [-0.4, -0.2) is 25.6 Å². The number of halogens is 1. The molecule has 2 atom stereocenters. The van der Waals surface area contributed by atoms with Crippen molar-refractivity contribution in [3.05, 3.63) is 82.9 Å². The molecule has 0 bridgehead atoms. The monoisotopic (exact) mass is 480 g/mol. The molecular weight excluding hydrogens is 456 g/mol. The first kappa shape index (κ1) is 19.8. The van der Waals surface area contributed by atoms with Crippen LogP contribution < -0.4 is 5.32 Å². The van der Waals surface area contributed by atoms with Crippen LogP contribution in [0.3, 0.4) is 0 Å². The fraction of sp³-hybridized carbons (Fsp3) is 0.333. The molecule has 2 aromatic heterocycles. The Morgan fingerprint density at radius 3 is 2.50 bits per heavy atom. The van der Waals surface area contributed by atoms with Crippen molar-refractivity contribution in [1.82, 2.24) is 19.8 Å². The molecule has 0 amide bonds. The Morgan fingerprint density at radius 2 is 1.77 bits per heavy atom. The highest BCUT2D eigenvalue weighted by molar-refractivity contribution is 9.10. The van der Waals surface area contributed by atoms with Crippen molar-refractivity contribution in [1.29, 1.82) is 0 Å². The fourth-order valence-electron chi connectivity index (χ4n) is 4.91. The second kappa shape index (κ2) is 8.52. The zero-order valence-corrected chi connectivity index (χ0v) is 19.1. The molecule has 5 rings (SSSR count). The SMILES string of the molecule is S=C1NC(c2ccccn2)C(c2cccn2-c2ccc(Br)cc2)N1C1CCCCC1. The lowest BCUT2D eigenvalue weighted by atomic mass is 9.92. The van der Waals surface area contributed by atoms with E-state index in [1.54, 1.807) is 0 Å². The largest absolute Gasteiger partial charge is 0.352 e. The van der Waals surface area contributed by atoms with Crippen molar-refractivity contribution >= 4 is 33.3 Å². The van der Waals surface area contributed by atoms with Gasteiger partial charge in [-0.15, -0.1) is 0 Å². The minimum atomic E-state index is 0.0322. The van der Waals surface area contributed by atoms with Gasteiger partial charge in [-0.25, -0.2) is 0 Å². The molecule has 1 saturated heterocycles. The van der Waals surface area contributed by atoms with E-state index in [4.69, 9.17) is 12.2 Å². The molecule has 3 heterocycles. The molecular formula is C24H25BrN4S. The number of rotatable bonds is 4. The molecule has 3 aromatic rings. The van der Waals surface area contributed by atoms with Gasteiger partial charge in [-0.1, -0.05) is 41.3 Å². The standard InChI is InChI=1S/C24H25BrN4S/c25-17-11-13-18(14-12-17)28-16-6-10-21(28)23-22(20-9-4-5-15-26-20)27-24(30)29(23)19-7-2-1-3-8-19/h4-6,9-16,19,22-23H,1-3,7-8H2,(H,27,30). The van der Waals surface area contributed by atoms with E-state index in [2.05, 4.69) is 90.4 Å². The second-order valence-corrected chi connectivity index (χ2v) is 9.41. The third-order valence-corrected chi connectivity index (χ3v) is 7.15. The van der Waals surface area contributed by atoms with Gasteiger partial charge in [-0.05, 0) is 73.6 Å². The van der Waals surface area contributed by atoms with Gasteiger partial charge in [0.05, 0.1) is 17.8 Å². The highest BCUT2D eigenvalue weighted by Crippen LogP contribution is 2.43. The van der Waals surface area contributed by atoms with Crippen molar-refractivity contribution in [2.75, 3.05) is 0 Å². The summed E-state index contributed by atoms with van der Waals surface area (Å²) in [6.45, 7) is 0. The summed E-state index contributed by atoms with van der Waals surface area (Å²) in [5.41, 5.74) is 3.43. The molecule has 1 aromatic carbocycles. The Balaban J connectivity index is 1.60. The van der Waals surface area contributed by atoms with Crippen LogP contribution in [0.15, 0.2) is 71.5 Å². The number of thiocarbonyl (C=S) groups is 1. The average molecular weight is 481 g/mol. The third kappa shape index (κ3) is 3.67. The predicted octanol–water partition coefficient (Wildman–Crippen LogP) is 5.94. The Morgan fingerprint density at radius 1 is 0.967 bits per heavy atom. The van der Waals surface area contributed by atoms with Crippen LogP contribution in [0.1, 0.15) is 55.6 Å². The van der Waals surface area contributed by atoms with Crippen LogP contribution >= 0.6 is 28.1 Å². The maximum absolute atomic E-state index is 5.90. The van der Waals surface area contributed by atoms with E-state index in [1.165, 1.54) is 37.8 Å². The van der Waals surface area contributed by atoms with Crippen molar-refractivity contribution < 1.29 is 0 Å². The summed E-state index contributed by atoms with van der Waals surface area (Å²) in [4.78, 5) is 7.16. The third-order valence-electron chi connectivity index (χ3n) is 6.29. The first-order chi connectivity index (χ1) is 14.7. The second-order valence-electron chi connectivity index (χ2n) is 8.11. The minimum Gasteiger partial charge on any atom is -0.352 e. The molecule has 6 heteroatoms. The molecule has 1 aliphatic heterocycles. The zero-order chi connectivity index (χ0) is 20.5. The van der Waals surface area contributed by atoms with Gasteiger partial charge in [-0.2, -0.15) is 0 Å². The van der Waals surface area contributed by atoms with Crippen molar-refractivity contribution in [2.45, 2.75) is 50.2 Å². The minimum absolute atomic E-state index is 0.0322. The lowest BCUT2D eigenvalue weighted by Gasteiger charge is -2.37. The average Bonchev–Trinajstić information content (AvgIpc) is 3.40. The van der Waals surface area contributed by atoms with E-state index in [0.717, 1.165) is 21.0 Å². The molecule has 1 saturated carbocycles. The number of nitrogens with one attached hydrogen (secondary N) is 1. The Labute approximate surface area is 191 Å². The maximum atomic E-state index is 5.90. The zero-order valence-electron chi connectivity index (χ0n) is 16.7. The molecule has 2 aliphatic rings. The number of benzene rings is 1. The molecule has 0 radical (unpaired) electrons. The van der Waals surface area contributed by atoms with Gasteiger partial charge in [0.2, 0.25) is 0 Å². The molecule has 4 nitrogen and oxygen atoms in total. The molecule has 1 N–H and O–H groups in total. The highest BCUT2D eigenvalue weighted by Gasteiger charge is 2.44. The molecule has 2 unspecified atom stereocenters. The first-order valence-electron chi connectivity index (χ1n) is 10.7. The van der Waals surface area contributed by atoms with Crippen LogP contribution in [0.25, 0.3) is 5.69 Å². The topological polar surface area (TPSA) is 33.1 Å². The summed E-state index contributed by atoms with van der Waals surface area (Å²) in [6.07, 6.45) is 10.3. The van der Waals surface area contributed by atoms with E-state index in [-0.39, 0.29) is 12.1 Å². The van der Waals surface area contributed by atoms with Crippen molar-refractivity contribution in [3.8, 4) is 5.69 Å². The van der Waals surface area contributed by atoms with Crippen LogP contribution in [-0.2, 0) is 0 Å². The smallest absolute Gasteiger partial charge is 0.170 e. The van der Waals surface area contributed by atoms with Crippen molar-refractivity contribution in [3.63, 3.8) is 0 Å². The van der Waals surface area contributed by atoms with Gasteiger partial charge in [0.15, 0.2) is 5.11 Å². The maximum Gasteiger partial charge on any atom is 0.170 e. The first-order valence-corrected chi connectivity index (χ1v) is 11.9. The lowest BCUT2D eigenvalue weighted by molar-refractivity contribution is 0.193. The van der Waals surface area contributed by atoms with Gasteiger partial charge in [-0.3, -0.25) is 4.98 Å². The van der Waals surface area contributed by atoms with Crippen LogP contribution in [0.5, 0.6) is 0 Å². The van der Waals surface area contributed by atoms with E-state index < -0.39 is 0 Å². The molecule has 30 heavy (non-hydrogen) atoms. The summed E-state index contributed by atoms with van der Waals surface area (Å²) in [5, 5.41) is 4.47. The highest BCUT2D eigenvalue weighted by atomic mass is 79.9. The van der Waals surface area contributed by atoms with E-state index in [0.29, 0.717) is 6.04 Å². The van der Waals surface area contributed by atoms with E-state index in [1.807, 2.05) is 12.3 Å². The van der Waals surface area contributed by atoms with Gasteiger partial charge in [0.25, 0.3) is 0 Å². The van der Waals surface area contributed by atoms with Gasteiger partial charge in [0, 0.05) is 34.3 Å². The van der Waals surface area contributed by atoms with Crippen molar-refractivity contribution in [2.24, 2.45) is 0 Å². The number of hydrogen-bond donors (Lipinski definition) is 1. The Hall–Kier alpha value is -2.18. The predicted molar refractivity (Wildman–Crippen MR) is 128 cm³/mol. The molecule has 154 valence electrons. The number of pyridine rings is 1. The Kier molecular flexibility index (Phi) is 5.61. The summed E-state index contributed by atoms with van der Waals surface area (Å²) < 4.78 is 3.37. The number of aromatic nitrogens is 2. The normalized spacial score (nSPS) is 22.3. The Bertz CT molecular complexity index is 1010. The van der Waals surface area contributed by atoms with Crippen LogP contribution in [0.4, 0.5) is 0 Å².